The quantitative estimate of drug-likeness (QED) is 0.922. The molecule has 23 heavy (non-hydrogen) atoms. The minimum absolute atomic E-state index is 0.0439. The van der Waals surface area contributed by atoms with E-state index in [9.17, 15) is 4.79 Å². The van der Waals surface area contributed by atoms with Crippen molar-refractivity contribution in [2.75, 3.05) is 6.61 Å². The minimum atomic E-state index is 0.0439. The predicted molar refractivity (Wildman–Crippen MR) is 88.5 cm³/mol. The molecule has 1 N–H and O–H groups in total. The maximum Gasteiger partial charge on any atom is 0.223 e. The third-order valence-electron chi connectivity index (χ3n) is 4.10. The van der Waals surface area contributed by atoms with E-state index in [-0.39, 0.29) is 11.9 Å². The number of nitrogens with zero attached hydrogens (tertiary/aromatic N) is 2. The number of imidazole rings is 1. The van der Waals surface area contributed by atoms with Crippen LogP contribution in [-0.2, 0) is 17.8 Å². The zero-order chi connectivity index (χ0) is 16.2. The average Bonchev–Trinajstić information content (AvgIpc) is 2.88. The standard InChI is InChI=1S/C18H23N3O2/c1-13-3-6-16(7-4-13)23-10-9-18(22)20-15-5-8-17-19-14(2)11-21(17)12-15/h3-4,6-7,11,15H,5,8-10,12H2,1-2H3,(H,20,22)/t15-/m1/s1. The molecule has 5 heteroatoms. The zero-order valence-corrected chi connectivity index (χ0v) is 13.7. The number of amides is 1. The van der Waals surface area contributed by atoms with Crippen molar-refractivity contribution < 1.29 is 9.53 Å². The molecule has 1 amide bonds. The molecule has 2 heterocycles. The molecule has 0 radical (unpaired) electrons. The molecule has 3 rings (SSSR count). The van der Waals surface area contributed by atoms with Gasteiger partial charge in [0.05, 0.1) is 18.7 Å². The van der Waals surface area contributed by atoms with Crippen LogP contribution in [0.1, 0.15) is 29.9 Å². The van der Waals surface area contributed by atoms with Crippen molar-refractivity contribution in [1.82, 2.24) is 14.9 Å². The highest BCUT2D eigenvalue weighted by Gasteiger charge is 2.20. The smallest absolute Gasteiger partial charge is 0.223 e. The third-order valence-corrected chi connectivity index (χ3v) is 4.10. The monoisotopic (exact) mass is 313 g/mol. The van der Waals surface area contributed by atoms with E-state index < -0.39 is 0 Å². The lowest BCUT2D eigenvalue weighted by Gasteiger charge is -2.24. The van der Waals surface area contributed by atoms with Crippen molar-refractivity contribution in [3.05, 3.63) is 47.5 Å². The fourth-order valence-electron chi connectivity index (χ4n) is 2.90. The van der Waals surface area contributed by atoms with Gasteiger partial charge in [0.1, 0.15) is 11.6 Å². The second-order valence-electron chi connectivity index (χ2n) is 6.17. The first-order valence-corrected chi connectivity index (χ1v) is 8.11. The van der Waals surface area contributed by atoms with Gasteiger partial charge in [0.2, 0.25) is 5.91 Å². The number of aryl methyl sites for hydroxylation is 3. The molecule has 122 valence electrons. The van der Waals surface area contributed by atoms with Gasteiger partial charge in [-0.25, -0.2) is 4.98 Å². The first kappa shape index (κ1) is 15.6. The van der Waals surface area contributed by atoms with Gasteiger partial charge in [-0.05, 0) is 32.4 Å². The Hall–Kier alpha value is -2.30. The topological polar surface area (TPSA) is 56.1 Å². The van der Waals surface area contributed by atoms with Gasteiger partial charge in [0, 0.05) is 25.2 Å². The Morgan fingerprint density at radius 2 is 2.13 bits per heavy atom. The van der Waals surface area contributed by atoms with E-state index >= 15 is 0 Å². The summed E-state index contributed by atoms with van der Waals surface area (Å²) in [4.78, 5) is 16.5. The number of nitrogens with one attached hydrogen (secondary N) is 1. The Morgan fingerprint density at radius 3 is 2.91 bits per heavy atom. The van der Waals surface area contributed by atoms with Crippen LogP contribution in [0.3, 0.4) is 0 Å². The van der Waals surface area contributed by atoms with Crippen molar-refractivity contribution in [3.63, 3.8) is 0 Å². The number of aromatic nitrogens is 2. The van der Waals surface area contributed by atoms with Crippen LogP contribution in [-0.4, -0.2) is 28.1 Å². The number of ether oxygens (including phenoxy) is 1. The van der Waals surface area contributed by atoms with Gasteiger partial charge in [-0.3, -0.25) is 4.79 Å². The lowest BCUT2D eigenvalue weighted by Crippen LogP contribution is -2.41. The molecule has 0 saturated heterocycles. The van der Waals surface area contributed by atoms with Gasteiger partial charge >= 0.3 is 0 Å². The van der Waals surface area contributed by atoms with Crippen LogP contribution in [0, 0.1) is 13.8 Å². The number of carbonyl (C=O) groups excluding carboxylic acids is 1. The number of carbonyl (C=O) groups is 1. The largest absolute Gasteiger partial charge is 0.493 e. The number of hydrogen-bond acceptors (Lipinski definition) is 3. The molecule has 1 aromatic carbocycles. The van der Waals surface area contributed by atoms with Crippen LogP contribution in [0.2, 0.25) is 0 Å². The SMILES string of the molecule is Cc1ccc(OCCC(=O)N[C@@H]2CCc3nc(C)cn3C2)cc1. The molecule has 0 bridgehead atoms. The van der Waals surface area contributed by atoms with E-state index in [1.54, 1.807) is 0 Å². The summed E-state index contributed by atoms with van der Waals surface area (Å²) < 4.78 is 7.75. The molecule has 0 spiro atoms. The number of rotatable bonds is 5. The summed E-state index contributed by atoms with van der Waals surface area (Å²) in [5.41, 5.74) is 2.24. The van der Waals surface area contributed by atoms with E-state index in [0.717, 1.165) is 36.7 Å². The maximum atomic E-state index is 12.1. The van der Waals surface area contributed by atoms with Crippen molar-refractivity contribution in [1.29, 1.82) is 0 Å². The Labute approximate surface area is 136 Å². The van der Waals surface area contributed by atoms with Gasteiger partial charge in [-0.1, -0.05) is 17.7 Å². The molecule has 0 fully saturated rings. The lowest BCUT2D eigenvalue weighted by molar-refractivity contribution is -0.122. The van der Waals surface area contributed by atoms with Gasteiger partial charge in [0.25, 0.3) is 0 Å². The average molecular weight is 313 g/mol. The van der Waals surface area contributed by atoms with Crippen molar-refractivity contribution in [2.24, 2.45) is 0 Å². The summed E-state index contributed by atoms with van der Waals surface area (Å²) in [5.74, 6) is 1.97. The van der Waals surface area contributed by atoms with E-state index in [0.29, 0.717) is 13.0 Å². The summed E-state index contributed by atoms with van der Waals surface area (Å²) >= 11 is 0. The van der Waals surface area contributed by atoms with Crippen molar-refractivity contribution >= 4 is 5.91 Å². The predicted octanol–water partition coefficient (Wildman–Crippen LogP) is 2.40. The minimum Gasteiger partial charge on any atom is -0.493 e. The molecule has 0 saturated carbocycles. The fraction of sp³-hybridized carbons (Fsp3) is 0.444. The normalized spacial score (nSPS) is 16.7. The number of benzene rings is 1. The molecule has 1 aliphatic rings. The second kappa shape index (κ2) is 6.86. The molecule has 1 aromatic heterocycles. The van der Waals surface area contributed by atoms with Gasteiger partial charge in [-0.2, -0.15) is 0 Å². The van der Waals surface area contributed by atoms with Crippen molar-refractivity contribution in [2.45, 2.75) is 45.7 Å². The van der Waals surface area contributed by atoms with Crippen LogP contribution in [0.15, 0.2) is 30.5 Å². The Balaban J connectivity index is 1.42. The van der Waals surface area contributed by atoms with E-state index in [4.69, 9.17) is 4.74 Å². The summed E-state index contributed by atoms with van der Waals surface area (Å²) in [6.07, 6.45) is 4.29. The lowest BCUT2D eigenvalue weighted by atomic mass is 10.1. The maximum absolute atomic E-state index is 12.1. The summed E-state index contributed by atoms with van der Waals surface area (Å²) in [6.45, 7) is 5.24. The molecular formula is C18H23N3O2. The highest BCUT2D eigenvalue weighted by molar-refractivity contribution is 5.76. The Bertz CT molecular complexity index is 676. The summed E-state index contributed by atoms with van der Waals surface area (Å²) in [7, 11) is 0. The van der Waals surface area contributed by atoms with Crippen LogP contribution in [0.5, 0.6) is 5.75 Å². The van der Waals surface area contributed by atoms with Crippen LogP contribution in [0.25, 0.3) is 0 Å². The highest BCUT2D eigenvalue weighted by atomic mass is 16.5. The van der Waals surface area contributed by atoms with Crippen LogP contribution >= 0.6 is 0 Å². The van der Waals surface area contributed by atoms with Crippen molar-refractivity contribution in [3.8, 4) is 5.75 Å². The third kappa shape index (κ3) is 4.12. The number of fused-ring (bicyclic) bond motifs is 1. The highest BCUT2D eigenvalue weighted by Crippen LogP contribution is 2.15. The molecule has 1 aliphatic heterocycles. The van der Waals surface area contributed by atoms with Gasteiger partial charge < -0.3 is 14.6 Å². The molecule has 2 aromatic rings. The zero-order valence-electron chi connectivity index (χ0n) is 13.7. The van der Waals surface area contributed by atoms with E-state index in [1.165, 1.54) is 5.56 Å². The molecule has 0 aliphatic carbocycles. The van der Waals surface area contributed by atoms with Crippen LogP contribution < -0.4 is 10.1 Å². The Kier molecular flexibility index (Phi) is 4.65. The van der Waals surface area contributed by atoms with Gasteiger partial charge in [-0.15, -0.1) is 0 Å². The first-order chi connectivity index (χ1) is 11.1. The molecule has 0 unspecified atom stereocenters. The number of hydrogen-bond donors (Lipinski definition) is 1. The van der Waals surface area contributed by atoms with E-state index in [1.807, 2.05) is 44.3 Å². The summed E-state index contributed by atoms with van der Waals surface area (Å²) in [6, 6.07) is 8.04. The molecule has 1 atom stereocenters. The van der Waals surface area contributed by atoms with Crippen LogP contribution in [0.4, 0.5) is 0 Å². The summed E-state index contributed by atoms with van der Waals surface area (Å²) in [5, 5.41) is 3.10. The first-order valence-electron chi connectivity index (χ1n) is 8.11. The van der Waals surface area contributed by atoms with E-state index in [2.05, 4.69) is 14.9 Å². The van der Waals surface area contributed by atoms with Gasteiger partial charge in [0.15, 0.2) is 0 Å². The molecular weight excluding hydrogens is 290 g/mol. The Morgan fingerprint density at radius 1 is 1.35 bits per heavy atom. The second-order valence-corrected chi connectivity index (χ2v) is 6.17. The molecule has 5 nitrogen and oxygen atoms in total. The fourth-order valence-corrected chi connectivity index (χ4v) is 2.90.